The normalized spacial score (nSPS) is 14.1. The maximum absolute atomic E-state index is 9.63. The molecule has 1 aromatic rings. The highest BCUT2D eigenvalue weighted by Crippen LogP contribution is 2.24. The number of rotatable bonds is 7. The molecule has 0 spiro atoms. The molecule has 1 aromatic heterocycles. The number of aryl methyl sites for hydroxylation is 1. The molecule has 0 radical (unpaired) electrons. The van der Waals surface area contributed by atoms with Gasteiger partial charge in [0.1, 0.15) is 11.5 Å². The van der Waals surface area contributed by atoms with Crippen LogP contribution in [-0.2, 0) is 11.2 Å². The van der Waals surface area contributed by atoms with E-state index in [0.29, 0.717) is 18.0 Å². The van der Waals surface area contributed by atoms with Gasteiger partial charge in [0, 0.05) is 13.2 Å². The van der Waals surface area contributed by atoms with E-state index >= 15 is 0 Å². The summed E-state index contributed by atoms with van der Waals surface area (Å²) in [5, 5.41) is 18.8. The summed E-state index contributed by atoms with van der Waals surface area (Å²) in [4.78, 5) is 4.02. The van der Waals surface area contributed by atoms with Crippen molar-refractivity contribution in [2.45, 2.75) is 32.3 Å². The summed E-state index contributed by atoms with van der Waals surface area (Å²) in [5.41, 5.74) is 0.605. The summed E-state index contributed by atoms with van der Waals surface area (Å²) < 4.78 is 5.40. The van der Waals surface area contributed by atoms with E-state index in [0.717, 1.165) is 12.8 Å². The average molecular weight is 251 g/mol. The number of hydrogen-bond donors (Lipinski definition) is 2. The smallest absolute Gasteiger partial charge is 0.140 e. The Morgan fingerprint density at radius 3 is 2.78 bits per heavy atom. The van der Waals surface area contributed by atoms with E-state index in [-0.39, 0.29) is 17.6 Å². The number of hydrogen-bond acceptors (Lipinski definition) is 4. The van der Waals surface area contributed by atoms with Gasteiger partial charge >= 0.3 is 0 Å². The van der Waals surface area contributed by atoms with Gasteiger partial charge in [0.2, 0.25) is 0 Å². The lowest BCUT2D eigenvalue weighted by atomic mass is 9.95. The molecule has 4 heteroatoms. The summed E-state index contributed by atoms with van der Waals surface area (Å²) in [6, 6.07) is 1.31. The minimum atomic E-state index is -0.0225. The Hall–Kier alpha value is -1.55. The van der Waals surface area contributed by atoms with E-state index in [2.05, 4.69) is 18.5 Å². The van der Waals surface area contributed by atoms with E-state index < -0.39 is 0 Å². The Morgan fingerprint density at radius 2 is 2.22 bits per heavy atom. The first-order chi connectivity index (χ1) is 8.58. The maximum atomic E-state index is 9.63. The minimum Gasteiger partial charge on any atom is -0.506 e. The van der Waals surface area contributed by atoms with Crippen LogP contribution >= 0.6 is 0 Å². The lowest BCUT2D eigenvalue weighted by molar-refractivity contribution is 0.0578. The van der Waals surface area contributed by atoms with E-state index in [9.17, 15) is 5.11 Å². The second-order valence-corrected chi connectivity index (χ2v) is 4.47. The van der Waals surface area contributed by atoms with Crippen molar-refractivity contribution < 1.29 is 14.9 Å². The number of aromatic hydroxyl groups is 2. The van der Waals surface area contributed by atoms with Crippen molar-refractivity contribution in [3.8, 4) is 11.5 Å². The molecule has 0 saturated heterocycles. The van der Waals surface area contributed by atoms with Crippen LogP contribution in [0.2, 0.25) is 0 Å². The minimum absolute atomic E-state index is 0.0225. The van der Waals surface area contributed by atoms with Crippen LogP contribution in [0.25, 0.3) is 0 Å². The first-order valence-electron chi connectivity index (χ1n) is 6.09. The summed E-state index contributed by atoms with van der Waals surface area (Å²) in [6.07, 6.45) is 5.66. The molecular weight excluding hydrogens is 230 g/mol. The van der Waals surface area contributed by atoms with Gasteiger partial charge in [-0.2, -0.15) is 0 Å². The van der Waals surface area contributed by atoms with Crippen LogP contribution in [0.3, 0.4) is 0 Å². The lowest BCUT2D eigenvalue weighted by Gasteiger charge is -2.21. The molecule has 0 amide bonds. The van der Waals surface area contributed by atoms with E-state index in [1.165, 1.54) is 12.3 Å². The molecular formula is C14H21NO3. The zero-order chi connectivity index (χ0) is 13.5. The highest BCUT2D eigenvalue weighted by atomic mass is 16.5. The Morgan fingerprint density at radius 1 is 1.50 bits per heavy atom. The Kier molecular flexibility index (Phi) is 5.65. The van der Waals surface area contributed by atoms with Crippen LogP contribution in [0, 0.1) is 5.92 Å². The van der Waals surface area contributed by atoms with Crippen molar-refractivity contribution in [2.75, 3.05) is 7.11 Å². The van der Waals surface area contributed by atoms with Gasteiger partial charge in [0.05, 0.1) is 18.0 Å². The second kappa shape index (κ2) is 7.01. The van der Waals surface area contributed by atoms with Gasteiger partial charge in [-0.15, -0.1) is 6.58 Å². The van der Waals surface area contributed by atoms with Crippen LogP contribution in [0.1, 0.15) is 25.5 Å². The van der Waals surface area contributed by atoms with Crippen molar-refractivity contribution in [1.29, 1.82) is 0 Å². The number of methoxy groups -OCH3 is 1. The third-order valence-corrected chi connectivity index (χ3v) is 3.11. The summed E-state index contributed by atoms with van der Waals surface area (Å²) in [6.45, 7) is 5.82. The zero-order valence-corrected chi connectivity index (χ0v) is 11.0. The van der Waals surface area contributed by atoms with Crippen molar-refractivity contribution >= 4 is 0 Å². The molecule has 4 nitrogen and oxygen atoms in total. The van der Waals surface area contributed by atoms with Crippen molar-refractivity contribution in [3.63, 3.8) is 0 Å². The highest BCUT2D eigenvalue weighted by molar-refractivity contribution is 5.32. The molecule has 18 heavy (non-hydrogen) atoms. The first-order valence-corrected chi connectivity index (χ1v) is 6.09. The molecule has 0 aliphatic rings. The van der Waals surface area contributed by atoms with E-state index in [4.69, 9.17) is 9.84 Å². The number of nitrogens with zero attached hydrogens (tertiary/aromatic N) is 1. The number of pyridine rings is 1. The van der Waals surface area contributed by atoms with E-state index in [1.807, 2.05) is 6.08 Å². The topological polar surface area (TPSA) is 62.6 Å². The molecule has 0 aliphatic carbocycles. The van der Waals surface area contributed by atoms with Crippen LogP contribution in [0.4, 0.5) is 0 Å². The second-order valence-electron chi connectivity index (χ2n) is 4.47. The number of aromatic nitrogens is 1. The molecule has 100 valence electrons. The molecule has 0 bridgehead atoms. The van der Waals surface area contributed by atoms with Crippen molar-refractivity contribution in [2.24, 2.45) is 5.92 Å². The predicted molar refractivity (Wildman–Crippen MR) is 70.7 cm³/mol. The molecule has 2 N–H and O–H groups in total. The lowest BCUT2D eigenvalue weighted by Crippen LogP contribution is -2.20. The predicted octanol–water partition coefficient (Wildman–Crippen LogP) is 2.65. The standard InChI is InChI=1S/C14H21NO3/c1-4-5-14(18-3)10(2)6-7-12-13(17)8-11(16)9-15-12/h4,8-10,14,16-17H,1,5-7H2,2-3H3/t10-,14-/m1/s1. The molecule has 0 aromatic carbocycles. The van der Waals surface area contributed by atoms with Crippen molar-refractivity contribution in [3.05, 3.63) is 30.6 Å². The van der Waals surface area contributed by atoms with Gasteiger partial charge < -0.3 is 14.9 Å². The third-order valence-electron chi connectivity index (χ3n) is 3.11. The van der Waals surface area contributed by atoms with Crippen LogP contribution in [-0.4, -0.2) is 28.4 Å². The summed E-state index contributed by atoms with van der Waals surface area (Å²) in [7, 11) is 1.70. The first kappa shape index (κ1) is 14.5. The molecule has 1 rings (SSSR count). The molecule has 1 heterocycles. The molecule has 0 saturated carbocycles. The fraction of sp³-hybridized carbons (Fsp3) is 0.500. The maximum Gasteiger partial charge on any atom is 0.140 e. The monoisotopic (exact) mass is 251 g/mol. The van der Waals surface area contributed by atoms with Gasteiger partial charge in [-0.05, 0) is 25.2 Å². The summed E-state index contributed by atoms with van der Waals surface area (Å²) in [5.74, 6) is 0.369. The van der Waals surface area contributed by atoms with Gasteiger partial charge in [-0.3, -0.25) is 4.98 Å². The molecule has 0 aliphatic heterocycles. The Balaban J connectivity index is 2.55. The van der Waals surface area contributed by atoms with Gasteiger partial charge in [0.25, 0.3) is 0 Å². The molecule has 0 unspecified atom stereocenters. The Labute approximate surface area is 108 Å². The van der Waals surface area contributed by atoms with Crippen LogP contribution < -0.4 is 0 Å². The zero-order valence-electron chi connectivity index (χ0n) is 11.0. The highest BCUT2D eigenvalue weighted by Gasteiger charge is 2.16. The largest absolute Gasteiger partial charge is 0.506 e. The van der Waals surface area contributed by atoms with E-state index in [1.54, 1.807) is 7.11 Å². The van der Waals surface area contributed by atoms with Gasteiger partial charge in [-0.25, -0.2) is 0 Å². The molecule has 0 fully saturated rings. The number of ether oxygens (including phenoxy) is 1. The fourth-order valence-electron chi connectivity index (χ4n) is 1.94. The molecule has 2 atom stereocenters. The third kappa shape index (κ3) is 4.04. The average Bonchev–Trinajstić information content (AvgIpc) is 2.34. The Bertz CT molecular complexity index is 393. The van der Waals surface area contributed by atoms with Gasteiger partial charge in [0.15, 0.2) is 0 Å². The quantitative estimate of drug-likeness (QED) is 0.731. The fourth-order valence-corrected chi connectivity index (χ4v) is 1.94. The SMILES string of the molecule is C=CC[C@@H](OC)[C@H](C)CCc1ncc(O)cc1O. The van der Waals surface area contributed by atoms with Gasteiger partial charge in [-0.1, -0.05) is 13.0 Å². The van der Waals surface area contributed by atoms with Crippen LogP contribution in [0.5, 0.6) is 11.5 Å². The van der Waals surface area contributed by atoms with Crippen molar-refractivity contribution in [1.82, 2.24) is 4.98 Å². The summed E-state index contributed by atoms with van der Waals surface area (Å²) >= 11 is 0. The van der Waals surface area contributed by atoms with Crippen LogP contribution in [0.15, 0.2) is 24.9 Å².